The average Bonchev–Trinajstić information content (AvgIpc) is 2.86. The number of cyclic esters (lactones) is 1. The molecule has 0 spiro atoms. The lowest BCUT2D eigenvalue weighted by Gasteiger charge is -2.16. The minimum absolute atomic E-state index is 0.129. The van der Waals surface area contributed by atoms with E-state index >= 15 is 0 Å². The van der Waals surface area contributed by atoms with Crippen molar-refractivity contribution < 1.29 is 43.9 Å². The second kappa shape index (κ2) is 10.1. The van der Waals surface area contributed by atoms with Crippen LogP contribution in [-0.4, -0.2) is 76.8 Å². The fraction of sp³-hybridized carbons (Fsp3) is 0.643. The van der Waals surface area contributed by atoms with E-state index in [1.807, 2.05) is 6.26 Å². The van der Waals surface area contributed by atoms with Gasteiger partial charge in [-0.05, 0) is 25.4 Å². The Bertz CT molecular complexity index is 536. The van der Waals surface area contributed by atoms with Crippen molar-refractivity contribution in [2.75, 3.05) is 25.2 Å². The predicted molar refractivity (Wildman–Crippen MR) is 85.7 cm³/mol. The highest BCUT2D eigenvalue weighted by Crippen LogP contribution is 2.24. The molecule has 25 heavy (non-hydrogen) atoms. The van der Waals surface area contributed by atoms with E-state index in [4.69, 9.17) is 14.6 Å². The van der Waals surface area contributed by atoms with E-state index in [1.54, 1.807) is 6.92 Å². The van der Waals surface area contributed by atoms with E-state index in [0.717, 1.165) is 0 Å². The van der Waals surface area contributed by atoms with Crippen molar-refractivity contribution in [2.24, 2.45) is 0 Å². The van der Waals surface area contributed by atoms with E-state index < -0.39 is 54.4 Å². The molecule has 0 aromatic heterocycles. The first-order chi connectivity index (χ1) is 11.8. The van der Waals surface area contributed by atoms with E-state index in [0.29, 0.717) is 5.75 Å². The Kier molecular flexibility index (Phi) is 8.52. The largest absolute Gasteiger partial charge is 0.505 e. The first-order valence-corrected chi connectivity index (χ1v) is 8.82. The molecule has 1 aliphatic rings. The zero-order valence-electron chi connectivity index (χ0n) is 13.8. The van der Waals surface area contributed by atoms with Gasteiger partial charge in [-0.15, -0.1) is 0 Å². The van der Waals surface area contributed by atoms with Gasteiger partial charge in [0.2, 0.25) is 0 Å². The quantitative estimate of drug-likeness (QED) is 0.303. The van der Waals surface area contributed by atoms with Crippen LogP contribution in [0.1, 0.15) is 13.3 Å². The number of nitrogens with one attached hydrogen (secondary N) is 1. The first kappa shape index (κ1) is 21.1. The van der Waals surface area contributed by atoms with E-state index in [2.05, 4.69) is 10.1 Å². The zero-order chi connectivity index (χ0) is 19.0. The van der Waals surface area contributed by atoms with Crippen molar-refractivity contribution >= 4 is 29.8 Å². The number of alkyl carbamates (subject to hydrolysis) is 1. The number of carbonyl (C=O) groups is 3. The number of aliphatic hydroxyl groups is 3. The normalized spacial score (nSPS) is 19.2. The standard InChI is InChI=1S/C14H21NO9S/c1-3-22-12(19)7(4-5-25-2)15-14(21)24-11-9(18)10(8(17)6-16)23-13(11)20/h7-8,10,16-18H,3-6H2,1-2H3,(H,15,21). The Balaban J connectivity index is 2.76. The van der Waals surface area contributed by atoms with Crippen LogP contribution in [0.3, 0.4) is 0 Å². The van der Waals surface area contributed by atoms with Crippen molar-refractivity contribution in [2.45, 2.75) is 31.6 Å². The molecule has 3 atom stereocenters. The Hall–Kier alpha value is -1.98. The zero-order valence-corrected chi connectivity index (χ0v) is 14.6. The highest BCUT2D eigenvalue weighted by atomic mass is 32.2. The molecule has 0 aliphatic carbocycles. The van der Waals surface area contributed by atoms with Crippen molar-refractivity contribution in [3.8, 4) is 0 Å². The molecule has 0 saturated heterocycles. The van der Waals surface area contributed by atoms with Crippen LogP contribution in [0.15, 0.2) is 11.5 Å². The summed E-state index contributed by atoms with van der Waals surface area (Å²) in [7, 11) is 0. The van der Waals surface area contributed by atoms with Gasteiger partial charge in [0, 0.05) is 0 Å². The van der Waals surface area contributed by atoms with Gasteiger partial charge in [0.25, 0.3) is 5.76 Å². The van der Waals surface area contributed by atoms with Gasteiger partial charge in [-0.1, -0.05) is 0 Å². The van der Waals surface area contributed by atoms with Gasteiger partial charge >= 0.3 is 18.0 Å². The van der Waals surface area contributed by atoms with E-state index in [1.165, 1.54) is 11.8 Å². The van der Waals surface area contributed by atoms with Gasteiger partial charge in [-0.2, -0.15) is 11.8 Å². The summed E-state index contributed by atoms with van der Waals surface area (Å²) in [5, 5.41) is 30.3. The van der Waals surface area contributed by atoms with Gasteiger partial charge < -0.3 is 34.8 Å². The monoisotopic (exact) mass is 379 g/mol. The van der Waals surface area contributed by atoms with Crippen LogP contribution in [0.2, 0.25) is 0 Å². The number of amides is 1. The van der Waals surface area contributed by atoms with Crippen LogP contribution in [-0.2, 0) is 23.8 Å². The third kappa shape index (κ3) is 5.80. The Morgan fingerprint density at radius 3 is 2.68 bits per heavy atom. The lowest BCUT2D eigenvalue weighted by atomic mass is 10.2. The molecule has 1 aliphatic heterocycles. The summed E-state index contributed by atoms with van der Waals surface area (Å²) in [4.78, 5) is 35.3. The van der Waals surface area contributed by atoms with E-state index in [-0.39, 0.29) is 13.0 Å². The fourth-order valence-electron chi connectivity index (χ4n) is 1.90. The number of esters is 2. The highest BCUT2D eigenvalue weighted by Gasteiger charge is 2.41. The van der Waals surface area contributed by atoms with Crippen molar-refractivity contribution in [1.82, 2.24) is 5.32 Å². The lowest BCUT2D eigenvalue weighted by molar-refractivity contribution is -0.147. The number of hydrogen-bond acceptors (Lipinski definition) is 10. The molecule has 1 rings (SSSR count). The van der Waals surface area contributed by atoms with Crippen LogP contribution < -0.4 is 5.32 Å². The first-order valence-electron chi connectivity index (χ1n) is 7.42. The van der Waals surface area contributed by atoms with Crippen LogP contribution in [0, 0.1) is 0 Å². The molecule has 1 amide bonds. The van der Waals surface area contributed by atoms with Crippen LogP contribution in [0.5, 0.6) is 0 Å². The number of carbonyl (C=O) groups excluding carboxylic acids is 3. The molecule has 3 unspecified atom stereocenters. The van der Waals surface area contributed by atoms with Gasteiger partial charge in [-0.3, -0.25) is 0 Å². The summed E-state index contributed by atoms with van der Waals surface area (Å²) < 4.78 is 14.2. The smallest absolute Gasteiger partial charge is 0.413 e. The maximum absolute atomic E-state index is 11.9. The van der Waals surface area contributed by atoms with Crippen LogP contribution in [0.4, 0.5) is 4.79 Å². The molecule has 142 valence electrons. The molecule has 0 aromatic rings. The van der Waals surface area contributed by atoms with Gasteiger partial charge in [0.15, 0.2) is 11.9 Å². The molecule has 0 radical (unpaired) electrons. The minimum atomic E-state index is -1.57. The van der Waals surface area contributed by atoms with Gasteiger partial charge in [0.1, 0.15) is 12.1 Å². The highest BCUT2D eigenvalue weighted by molar-refractivity contribution is 7.98. The SMILES string of the molecule is CCOC(=O)C(CCSC)NC(=O)OC1=C(O)C(C(O)CO)OC1=O. The fourth-order valence-corrected chi connectivity index (χ4v) is 2.37. The molecule has 10 nitrogen and oxygen atoms in total. The van der Waals surface area contributed by atoms with Crippen molar-refractivity contribution in [3.63, 3.8) is 0 Å². The Labute approximate surface area is 148 Å². The average molecular weight is 379 g/mol. The maximum Gasteiger partial charge on any atom is 0.413 e. The number of aliphatic hydroxyl groups excluding tert-OH is 3. The molecule has 0 aromatic carbocycles. The lowest BCUT2D eigenvalue weighted by Crippen LogP contribution is -2.42. The summed E-state index contributed by atoms with van der Waals surface area (Å²) in [5.41, 5.74) is 0. The maximum atomic E-state index is 11.9. The minimum Gasteiger partial charge on any atom is -0.505 e. The number of hydrogen-bond donors (Lipinski definition) is 4. The summed E-state index contributed by atoms with van der Waals surface area (Å²) in [6.45, 7) is 0.970. The number of ether oxygens (including phenoxy) is 3. The third-order valence-corrected chi connectivity index (χ3v) is 3.77. The number of thioether (sulfide) groups is 1. The van der Waals surface area contributed by atoms with Crippen molar-refractivity contribution in [1.29, 1.82) is 0 Å². The Morgan fingerprint density at radius 2 is 2.12 bits per heavy atom. The molecule has 0 saturated carbocycles. The molecule has 4 N–H and O–H groups in total. The van der Waals surface area contributed by atoms with E-state index in [9.17, 15) is 24.6 Å². The number of rotatable bonds is 9. The topological polar surface area (TPSA) is 152 Å². The third-order valence-electron chi connectivity index (χ3n) is 3.13. The molecule has 1 heterocycles. The molecular formula is C14H21NO9S. The van der Waals surface area contributed by atoms with Crippen LogP contribution >= 0.6 is 11.8 Å². The summed E-state index contributed by atoms with van der Waals surface area (Å²) in [5.74, 6) is -2.91. The summed E-state index contributed by atoms with van der Waals surface area (Å²) >= 11 is 1.46. The second-order valence-electron chi connectivity index (χ2n) is 4.91. The molecular weight excluding hydrogens is 358 g/mol. The van der Waals surface area contributed by atoms with Crippen LogP contribution in [0.25, 0.3) is 0 Å². The summed E-state index contributed by atoms with van der Waals surface area (Å²) in [6.07, 6.45) is -2.17. The van der Waals surface area contributed by atoms with Gasteiger partial charge in [0.05, 0.1) is 13.2 Å². The molecule has 0 bridgehead atoms. The summed E-state index contributed by atoms with van der Waals surface area (Å²) in [6, 6.07) is -0.987. The predicted octanol–water partition coefficient (Wildman–Crippen LogP) is -0.554. The second-order valence-corrected chi connectivity index (χ2v) is 5.90. The van der Waals surface area contributed by atoms with Gasteiger partial charge in [-0.25, -0.2) is 14.4 Å². The molecule has 11 heteroatoms. The Morgan fingerprint density at radius 1 is 1.44 bits per heavy atom. The molecule has 0 fully saturated rings. The van der Waals surface area contributed by atoms with Crippen molar-refractivity contribution in [3.05, 3.63) is 11.5 Å².